The first-order valence-electron chi connectivity index (χ1n) is 8.52. The van der Waals surface area contributed by atoms with Gasteiger partial charge in [0.05, 0.1) is 18.6 Å². The van der Waals surface area contributed by atoms with Crippen LogP contribution >= 0.6 is 0 Å². The number of fused-ring (bicyclic) bond motifs is 1. The standard InChI is InChI=1S/C22H21NO2/c1-23-15-19(18-5-3-4-6-20(18)23)21(24)22(13-14-22)12-11-16-7-9-17(25-2)10-8-16/h3-10,15,21,24H,13-14H2,1-2H3. The molecule has 25 heavy (non-hydrogen) atoms. The lowest BCUT2D eigenvalue weighted by Crippen LogP contribution is -2.11. The van der Waals surface area contributed by atoms with Gasteiger partial charge in [0.2, 0.25) is 0 Å². The summed E-state index contributed by atoms with van der Waals surface area (Å²) < 4.78 is 7.25. The molecule has 0 amide bonds. The quantitative estimate of drug-likeness (QED) is 0.735. The minimum atomic E-state index is -0.565. The van der Waals surface area contributed by atoms with Gasteiger partial charge in [0.1, 0.15) is 5.75 Å². The average Bonchev–Trinajstić information content (AvgIpc) is 3.38. The van der Waals surface area contributed by atoms with Gasteiger partial charge in [0.15, 0.2) is 0 Å². The molecule has 1 heterocycles. The van der Waals surface area contributed by atoms with Crippen LogP contribution in [0.25, 0.3) is 10.9 Å². The molecule has 1 aromatic heterocycles. The predicted octanol–water partition coefficient (Wildman–Crippen LogP) is 4.05. The van der Waals surface area contributed by atoms with E-state index in [0.717, 1.165) is 40.6 Å². The molecule has 1 aliphatic rings. The Morgan fingerprint density at radius 1 is 1.12 bits per heavy atom. The van der Waals surface area contributed by atoms with Crippen molar-refractivity contribution >= 4 is 10.9 Å². The van der Waals surface area contributed by atoms with Crippen molar-refractivity contribution in [3.63, 3.8) is 0 Å². The number of ether oxygens (including phenoxy) is 1. The van der Waals surface area contributed by atoms with Crippen molar-refractivity contribution in [2.45, 2.75) is 18.9 Å². The van der Waals surface area contributed by atoms with E-state index in [1.807, 2.05) is 49.6 Å². The van der Waals surface area contributed by atoms with Gasteiger partial charge in [-0.3, -0.25) is 0 Å². The Bertz CT molecular complexity index is 969. The Morgan fingerprint density at radius 2 is 1.84 bits per heavy atom. The number of aliphatic hydroxyl groups is 1. The van der Waals surface area contributed by atoms with Crippen molar-refractivity contribution in [1.82, 2.24) is 4.57 Å². The van der Waals surface area contributed by atoms with Crippen LogP contribution < -0.4 is 4.74 Å². The molecule has 1 aliphatic carbocycles. The summed E-state index contributed by atoms with van der Waals surface area (Å²) in [5.41, 5.74) is 2.72. The van der Waals surface area contributed by atoms with Crippen LogP contribution in [0.4, 0.5) is 0 Å². The van der Waals surface area contributed by atoms with Crippen LogP contribution in [0.3, 0.4) is 0 Å². The van der Waals surface area contributed by atoms with Crippen LogP contribution in [0.1, 0.15) is 30.1 Å². The number of hydrogen-bond acceptors (Lipinski definition) is 2. The van der Waals surface area contributed by atoms with Crippen molar-refractivity contribution < 1.29 is 9.84 Å². The molecular formula is C22H21NO2. The Morgan fingerprint density at radius 3 is 2.52 bits per heavy atom. The van der Waals surface area contributed by atoms with Gasteiger partial charge in [-0.1, -0.05) is 30.0 Å². The van der Waals surface area contributed by atoms with Crippen molar-refractivity contribution in [2.75, 3.05) is 7.11 Å². The largest absolute Gasteiger partial charge is 0.497 e. The zero-order chi connectivity index (χ0) is 17.4. The topological polar surface area (TPSA) is 34.4 Å². The normalized spacial score (nSPS) is 16.1. The second-order valence-corrected chi connectivity index (χ2v) is 6.75. The smallest absolute Gasteiger partial charge is 0.118 e. The molecular weight excluding hydrogens is 310 g/mol. The molecule has 4 rings (SSSR count). The Hall–Kier alpha value is -2.70. The van der Waals surface area contributed by atoms with E-state index >= 15 is 0 Å². The highest BCUT2D eigenvalue weighted by molar-refractivity contribution is 5.84. The van der Waals surface area contributed by atoms with Gasteiger partial charge in [-0.25, -0.2) is 0 Å². The monoisotopic (exact) mass is 331 g/mol. The molecule has 1 saturated carbocycles. The lowest BCUT2D eigenvalue weighted by atomic mass is 9.92. The zero-order valence-electron chi connectivity index (χ0n) is 14.5. The van der Waals surface area contributed by atoms with E-state index in [2.05, 4.69) is 28.5 Å². The summed E-state index contributed by atoms with van der Waals surface area (Å²) >= 11 is 0. The first-order valence-corrected chi connectivity index (χ1v) is 8.52. The molecule has 3 aromatic rings. The predicted molar refractivity (Wildman–Crippen MR) is 99.4 cm³/mol. The highest BCUT2D eigenvalue weighted by Gasteiger charge is 2.49. The molecule has 1 fully saturated rings. The fourth-order valence-electron chi connectivity index (χ4n) is 3.36. The number of nitrogens with zero attached hydrogens (tertiary/aromatic N) is 1. The summed E-state index contributed by atoms with van der Waals surface area (Å²) in [4.78, 5) is 0. The molecule has 0 radical (unpaired) electrons. The van der Waals surface area contributed by atoms with E-state index in [1.165, 1.54) is 0 Å². The number of methoxy groups -OCH3 is 1. The molecule has 0 spiro atoms. The third-order valence-electron chi connectivity index (χ3n) is 5.08. The molecule has 2 aromatic carbocycles. The first-order chi connectivity index (χ1) is 12.1. The number of para-hydroxylation sites is 1. The number of aryl methyl sites for hydroxylation is 1. The molecule has 1 unspecified atom stereocenters. The van der Waals surface area contributed by atoms with Crippen LogP contribution in [-0.4, -0.2) is 16.8 Å². The van der Waals surface area contributed by atoms with E-state index in [4.69, 9.17) is 4.74 Å². The second-order valence-electron chi connectivity index (χ2n) is 6.75. The first kappa shape index (κ1) is 15.8. The molecule has 0 saturated heterocycles. The van der Waals surface area contributed by atoms with Crippen LogP contribution in [0, 0.1) is 17.3 Å². The van der Waals surface area contributed by atoms with Gasteiger partial charge in [-0.05, 0) is 43.2 Å². The van der Waals surface area contributed by atoms with E-state index in [9.17, 15) is 5.11 Å². The van der Waals surface area contributed by atoms with Crippen molar-refractivity contribution in [2.24, 2.45) is 12.5 Å². The summed E-state index contributed by atoms with van der Waals surface area (Å²) in [5.74, 6) is 7.40. The maximum absolute atomic E-state index is 11.0. The van der Waals surface area contributed by atoms with Gasteiger partial charge >= 0.3 is 0 Å². The fourth-order valence-corrected chi connectivity index (χ4v) is 3.36. The van der Waals surface area contributed by atoms with E-state index in [0.29, 0.717) is 0 Å². The second kappa shape index (κ2) is 5.98. The summed E-state index contributed by atoms with van der Waals surface area (Å²) in [7, 11) is 3.67. The number of hydrogen-bond donors (Lipinski definition) is 1. The third-order valence-corrected chi connectivity index (χ3v) is 5.08. The van der Waals surface area contributed by atoms with Gasteiger partial charge in [0.25, 0.3) is 0 Å². The lowest BCUT2D eigenvalue weighted by Gasteiger charge is -2.16. The number of benzene rings is 2. The minimum absolute atomic E-state index is 0.329. The van der Waals surface area contributed by atoms with E-state index < -0.39 is 6.10 Å². The zero-order valence-corrected chi connectivity index (χ0v) is 14.5. The van der Waals surface area contributed by atoms with Crippen LogP contribution in [0.2, 0.25) is 0 Å². The van der Waals surface area contributed by atoms with Gasteiger partial charge in [-0.2, -0.15) is 0 Å². The van der Waals surface area contributed by atoms with Crippen molar-refractivity contribution in [3.05, 3.63) is 65.9 Å². The van der Waals surface area contributed by atoms with Gasteiger partial charge in [0, 0.05) is 35.3 Å². The molecule has 1 atom stereocenters. The van der Waals surface area contributed by atoms with Gasteiger partial charge in [-0.15, -0.1) is 0 Å². The Kier molecular flexibility index (Phi) is 3.78. The molecule has 1 N–H and O–H groups in total. The molecule has 3 nitrogen and oxygen atoms in total. The van der Waals surface area contributed by atoms with E-state index in [-0.39, 0.29) is 5.41 Å². The lowest BCUT2D eigenvalue weighted by molar-refractivity contribution is 0.125. The summed E-state index contributed by atoms with van der Waals surface area (Å²) in [6.07, 6.45) is 3.33. The summed E-state index contributed by atoms with van der Waals surface area (Å²) in [6.45, 7) is 0. The number of aromatic nitrogens is 1. The number of rotatable bonds is 3. The van der Waals surface area contributed by atoms with Crippen molar-refractivity contribution in [3.8, 4) is 17.6 Å². The highest BCUT2D eigenvalue weighted by atomic mass is 16.5. The Labute approximate surface area is 147 Å². The molecule has 0 bridgehead atoms. The maximum atomic E-state index is 11.0. The van der Waals surface area contributed by atoms with Gasteiger partial charge < -0.3 is 14.4 Å². The Balaban J connectivity index is 1.65. The highest BCUT2D eigenvalue weighted by Crippen LogP contribution is 2.55. The fraction of sp³-hybridized carbons (Fsp3) is 0.273. The average molecular weight is 331 g/mol. The summed E-state index contributed by atoms with van der Waals surface area (Å²) in [5, 5.41) is 12.2. The van der Waals surface area contributed by atoms with Crippen LogP contribution in [-0.2, 0) is 7.05 Å². The molecule has 3 heteroatoms. The SMILES string of the molecule is COc1ccc(C#CC2(C(O)c3cn(C)c4ccccc34)CC2)cc1. The van der Waals surface area contributed by atoms with E-state index in [1.54, 1.807) is 7.11 Å². The van der Waals surface area contributed by atoms with Crippen molar-refractivity contribution in [1.29, 1.82) is 0 Å². The molecule has 0 aliphatic heterocycles. The minimum Gasteiger partial charge on any atom is -0.497 e. The number of aliphatic hydroxyl groups excluding tert-OH is 1. The van der Waals surface area contributed by atoms with Crippen LogP contribution in [0.5, 0.6) is 5.75 Å². The van der Waals surface area contributed by atoms with Crippen LogP contribution in [0.15, 0.2) is 54.7 Å². The summed E-state index contributed by atoms with van der Waals surface area (Å²) in [6, 6.07) is 15.9. The molecule has 126 valence electrons. The maximum Gasteiger partial charge on any atom is 0.118 e. The third kappa shape index (κ3) is 2.79.